The summed E-state index contributed by atoms with van der Waals surface area (Å²) in [7, 11) is -0.719. The van der Waals surface area contributed by atoms with Gasteiger partial charge in [-0.2, -0.15) is 0 Å². The molecule has 0 spiro atoms. The normalized spacial score (nSPS) is 11.5. The number of pyridine rings is 1. The van der Waals surface area contributed by atoms with E-state index in [1.807, 2.05) is 13.8 Å². The molecule has 0 aliphatic rings. The minimum atomic E-state index is -3.77. The molecule has 0 bridgehead atoms. The first-order chi connectivity index (χ1) is 19.7. The Morgan fingerprint density at radius 3 is 2.24 bits per heavy atom. The van der Waals surface area contributed by atoms with Crippen molar-refractivity contribution in [2.24, 2.45) is 0 Å². The summed E-state index contributed by atoms with van der Waals surface area (Å²) in [5, 5.41) is -0.0925. The summed E-state index contributed by atoms with van der Waals surface area (Å²) in [5.41, 5.74) is 2.19. The number of halogens is 1. The van der Waals surface area contributed by atoms with Crippen LogP contribution in [0.1, 0.15) is 24.0 Å². The van der Waals surface area contributed by atoms with Crippen molar-refractivity contribution < 1.29 is 22.6 Å². The first kappa shape index (κ1) is 28.2. The molecule has 12 nitrogen and oxygen atoms in total. The van der Waals surface area contributed by atoms with E-state index in [9.17, 15) is 8.42 Å². The van der Waals surface area contributed by atoms with Gasteiger partial charge in [0.25, 0.3) is 0 Å². The number of hydrogen-bond acceptors (Lipinski definition) is 11. The van der Waals surface area contributed by atoms with Crippen LogP contribution in [-0.2, 0) is 21.3 Å². The van der Waals surface area contributed by atoms with Crippen molar-refractivity contribution in [1.29, 1.82) is 0 Å². The van der Waals surface area contributed by atoms with Crippen LogP contribution in [0.25, 0.3) is 28.5 Å². The highest BCUT2D eigenvalue weighted by atomic mass is 35.5. The summed E-state index contributed by atoms with van der Waals surface area (Å²) >= 11 is 6.47. The zero-order chi connectivity index (χ0) is 29.1. The Bertz CT molecular complexity index is 1810. The molecule has 212 valence electrons. The number of aryl methyl sites for hydroxylation is 1. The molecule has 0 radical (unpaired) electrons. The molecule has 14 heteroatoms. The average Bonchev–Trinajstić information content (AvgIpc) is 3.31. The molecule has 41 heavy (non-hydrogen) atoms. The molecule has 5 rings (SSSR count). The lowest BCUT2D eigenvalue weighted by Gasteiger charge is -2.16. The van der Waals surface area contributed by atoms with Crippen LogP contribution in [0, 0.1) is 6.92 Å². The molecule has 0 unspecified atom stereocenters. The summed E-state index contributed by atoms with van der Waals surface area (Å²) in [5.74, 6) is 0.942. The van der Waals surface area contributed by atoms with E-state index in [0.29, 0.717) is 41.2 Å². The summed E-state index contributed by atoms with van der Waals surface area (Å²) < 4.78 is 44.9. The Kier molecular flexibility index (Phi) is 7.99. The SMILES string of the molecule is CCOc1cccc(-c2nc3nc(Cl)c(CS(=O)(=O)Cc4ncc(C)cn4)nc3n2-c2c(OC)cccc2OC)n1. The third kappa shape index (κ3) is 5.91. The number of fused-ring (bicyclic) bond motifs is 1. The topological polar surface area (TPSA) is 144 Å². The van der Waals surface area contributed by atoms with E-state index in [1.165, 1.54) is 14.2 Å². The molecular formula is C27H26ClN7O5S. The Morgan fingerprint density at radius 1 is 0.902 bits per heavy atom. The largest absolute Gasteiger partial charge is 0.494 e. The van der Waals surface area contributed by atoms with Gasteiger partial charge in [0.2, 0.25) is 5.88 Å². The summed E-state index contributed by atoms with van der Waals surface area (Å²) in [6.07, 6.45) is 3.12. The molecule has 1 aromatic carbocycles. The first-order valence-electron chi connectivity index (χ1n) is 12.5. The lowest BCUT2D eigenvalue weighted by Crippen LogP contribution is -2.12. The number of rotatable bonds is 10. The van der Waals surface area contributed by atoms with E-state index in [0.717, 1.165) is 5.56 Å². The maximum atomic E-state index is 13.1. The standard InChI is InChI=1S/C27H26ClN7O5S/c1-5-40-22-11-6-8-17(31-22)26-34-25-27(35(26)23-19(38-3)9-7-10-20(23)39-4)32-18(24(28)33-25)14-41(36,37)15-21-29-12-16(2)13-30-21/h6-13H,5,14-15H2,1-4H3. The van der Waals surface area contributed by atoms with Gasteiger partial charge in [0.05, 0.1) is 32.3 Å². The van der Waals surface area contributed by atoms with Crippen LogP contribution in [-0.4, -0.2) is 63.7 Å². The molecule has 0 aliphatic heterocycles. The van der Waals surface area contributed by atoms with Gasteiger partial charge in [-0.15, -0.1) is 0 Å². The molecule has 0 saturated carbocycles. The smallest absolute Gasteiger partial charge is 0.213 e. The van der Waals surface area contributed by atoms with Crippen molar-refractivity contribution in [2.45, 2.75) is 25.4 Å². The van der Waals surface area contributed by atoms with Crippen LogP contribution in [0.5, 0.6) is 17.4 Å². The van der Waals surface area contributed by atoms with Crippen LogP contribution < -0.4 is 14.2 Å². The quantitative estimate of drug-likeness (QED) is 0.229. The van der Waals surface area contributed by atoms with Gasteiger partial charge in [0.15, 0.2) is 32.1 Å². The van der Waals surface area contributed by atoms with Crippen molar-refractivity contribution in [3.63, 3.8) is 0 Å². The molecule has 0 aliphatic carbocycles. The molecule has 0 amide bonds. The number of aromatic nitrogens is 7. The van der Waals surface area contributed by atoms with Gasteiger partial charge in [0, 0.05) is 18.5 Å². The van der Waals surface area contributed by atoms with Gasteiger partial charge in [-0.25, -0.2) is 38.3 Å². The van der Waals surface area contributed by atoms with E-state index < -0.39 is 15.6 Å². The van der Waals surface area contributed by atoms with Crippen molar-refractivity contribution in [3.8, 4) is 34.6 Å². The Labute approximate surface area is 241 Å². The monoisotopic (exact) mass is 595 g/mol. The Balaban J connectivity index is 1.70. The second-order valence-corrected chi connectivity index (χ2v) is 11.3. The Morgan fingerprint density at radius 2 is 1.59 bits per heavy atom. The second kappa shape index (κ2) is 11.6. The van der Waals surface area contributed by atoms with Crippen molar-refractivity contribution in [1.82, 2.24) is 34.5 Å². The fourth-order valence-electron chi connectivity index (χ4n) is 4.15. The number of ether oxygens (including phenoxy) is 3. The van der Waals surface area contributed by atoms with Crippen molar-refractivity contribution >= 4 is 32.7 Å². The van der Waals surface area contributed by atoms with Crippen molar-refractivity contribution in [3.05, 3.63) is 71.0 Å². The Hall–Kier alpha value is -4.36. The maximum Gasteiger partial charge on any atom is 0.213 e. The number of para-hydroxylation sites is 1. The molecular weight excluding hydrogens is 570 g/mol. The molecule has 0 saturated heterocycles. The second-order valence-electron chi connectivity index (χ2n) is 8.89. The van der Waals surface area contributed by atoms with Gasteiger partial charge in [-0.05, 0) is 37.6 Å². The lowest BCUT2D eigenvalue weighted by atomic mass is 10.2. The molecule has 0 N–H and O–H groups in total. The zero-order valence-electron chi connectivity index (χ0n) is 22.7. The predicted molar refractivity (Wildman–Crippen MR) is 152 cm³/mol. The number of hydrogen-bond donors (Lipinski definition) is 0. The van der Waals surface area contributed by atoms with Crippen LogP contribution in [0.2, 0.25) is 5.15 Å². The van der Waals surface area contributed by atoms with Gasteiger partial charge < -0.3 is 14.2 Å². The fraction of sp³-hybridized carbons (Fsp3) is 0.259. The molecule has 0 fully saturated rings. The average molecular weight is 596 g/mol. The number of nitrogens with zero attached hydrogens (tertiary/aromatic N) is 7. The van der Waals surface area contributed by atoms with Gasteiger partial charge in [-0.1, -0.05) is 23.7 Å². The third-order valence-electron chi connectivity index (χ3n) is 5.93. The van der Waals surface area contributed by atoms with Crippen molar-refractivity contribution in [2.75, 3.05) is 20.8 Å². The van der Waals surface area contributed by atoms with Gasteiger partial charge >= 0.3 is 0 Å². The summed E-state index contributed by atoms with van der Waals surface area (Å²) in [6.45, 7) is 4.11. The van der Waals surface area contributed by atoms with Gasteiger partial charge in [-0.3, -0.25) is 4.57 Å². The zero-order valence-corrected chi connectivity index (χ0v) is 24.3. The summed E-state index contributed by atoms with van der Waals surface area (Å²) in [6, 6.07) is 10.6. The molecule has 4 aromatic heterocycles. The molecule has 5 aromatic rings. The lowest BCUT2D eigenvalue weighted by molar-refractivity contribution is 0.327. The maximum absolute atomic E-state index is 13.1. The van der Waals surface area contributed by atoms with E-state index in [1.54, 1.807) is 53.4 Å². The van der Waals surface area contributed by atoms with Crippen LogP contribution >= 0.6 is 11.6 Å². The van der Waals surface area contributed by atoms with Crippen LogP contribution in [0.3, 0.4) is 0 Å². The van der Waals surface area contributed by atoms with Crippen LogP contribution in [0.15, 0.2) is 48.8 Å². The van der Waals surface area contributed by atoms with E-state index in [4.69, 9.17) is 30.8 Å². The van der Waals surface area contributed by atoms with E-state index >= 15 is 0 Å². The highest BCUT2D eigenvalue weighted by Crippen LogP contribution is 2.38. The highest BCUT2D eigenvalue weighted by Gasteiger charge is 2.26. The van der Waals surface area contributed by atoms with E-state index in [-0.39, 0.29) is 33.7 Å². The minimum absolute atomic E-state index is 0.0452. The fourth-order valence-corrected chi connectivity index (χ4v) is 5.68. The number of imidazole rings is 1. The number of sulfone groups is 1. The van der Waals surface area contributed by atoms with Crippen LogP contribution in [0.4, 0.5) is 0 Å². The minimum Gasteiger partial charge on any atom is -0.494 e. The van der Waals surface area contributed by atoms with Gasteiger partial charge in [0.1, 0.15) is 34.5 Å². The van der Waals surface area contributed by atoms with E-state index in [2.05, 4.69) is 24.9 Å². The molecule has 0 atom stereocenters. The summed E-state index contributed by atoms with van der Waals surface area (Å²) in [4.78, 5) is 26.6. The highest BCUT2D eigenvalue weighted by molar-refractivity contribution is 7.89. The third-order valence-corrected chi connectivity index (χ3v) is 7.64. The predicted octanol–water partition coefficient (Wildman–Crippen LogP) is 4.16. The number of benzene rings is 1. The first-order valence-corrected chi connectivity index (χ1v) is 14.7. The molecule has 4 heterocycles. The number of methoxy groups -OCH3 is 2.